The Morgan fingerprint density at radius 3 is 2.35 bits per heavy atom. The minimum absolute atomic E-state index is 0.347. The highest BCUT2D eigenvalue weighted by Gasteiger charge is 2.27. The van der Waals surface area contributed by atoms with Crippen molar-refractivity contribution in [2.75, 3.05) is 13.2 Å². The van der Waals surface area contributed by atoms with E-state index in [1.807, 2.05) is 0 Å². The molecule has 1 atom stereocenters. The zero-order chi connectivity index (χ0) is 17.1. The SMILES string of the molecule is CC(=CCCC1(C)OCCCO1)CCCC(C)CCCC(C)C. The van der Waals surface area contributed by atoms with Gasteiger partial charge in [-0.2, -0.15) is 0 Å². The Hall–Kier alpha value is -0.340. The average Bonchev–Trinajstić information content (AvgIpc) is 2.47. The molecular weight excluding hydrogens is 284 g/mol. The lowest BCUT2D eigenvalue weighted by Crippen LogP contribution is -2.37. The van der Waals surface area contributed by atoms with Gasteiger partial charge < -0.3 is 9.47 Å². The standard InChI is InChI=1S/C21H40O2/c1-18(2)10-6-11-19(3)12-7-13-20(4)14-8-15-21(5)22-16-9-17-23-21/h14,18-19H,6-13,15-17H2,1-5H3. The molecule has 0 aromatic carbocycles. The molecule has 1 aliphatic rings. The fourth-order valence-electron chi connectivity index (χ4n) is 3.25. The summed E-state index contributed by atoms with van der Waals surface area (Å²) < 4.78 is 11.5. The van der Waals surface area contributed by atoms with E-state index in [1.165, 1.54) is 44.1 Å². The maximum absolute atomic E-state index is 5.76. The predicted molar refractivity (Wildman–Crippen MR) is 99.6 cm³/mol. The van der Waals surface area contributed by atoms with Gasteiger partial charge >= 0.3 is 0 Å². The van der Waals surface area contributed by atoms with Crippen LogP contribution in [0.5, 0.6) is 0 Å². The van der Waals surface area contributed by atoms with E-state index in [0.717, 1.165) is 44.3 Å². The first-order valence-electron chi connectivity index (χ1n) is 9.85. The number of allylic oxidation sites excluding steroid dienone is 2. The number of rotatable bonds is 11. The average molecular weight is 325 g/mol. The molecule has 136 valence electrons. The molecular formula is C21H40O2. The third-order valence-corrected chi connectivity index (χ3v) is 4.94. The topological polar surface area (TPSA) is 18.5 Å². The highest BCUT2D eigenvalue weighted by atomic mass is 16.7. The molecule has 2 nitrogen and oxygen atoms in total. The molecule has 2 heteroatoms. The fraction of sp³-hybridized carbons (Fsp3) is 0.905. The maximum Gasteiger partial charge on any atom is 0.165 e. The number of hydrogen-bond acceptors (Lipinski definition) is 2. The predicted octanol–water partition coefficient (Wildman–Crippen LogP) is 6.50. The van der Waals surface area contributed by atoms with Crippen LogP contribution in [-0.2, 0) is 9.47 Å². The van der Waals surface area contributed by atoms with Gasteiger partial charge in [0.15, 0.2) is 5.79 Å². The van der Waals surface area contributed by atoms with Gasteiger partial charge in [-0.05, 0) is 51.4 Å². The van der Waals surface area contributed by atoms with Crippen LogP contribution in [0.1, 0.15) is 92.4 Å². The van der Waals surface area contributed by atoms with E-state index in [4.69, 9.17) is 9.47 Å². The van der Waals surface area contributed by atoms with Crippen LogP contribution in [-0.4, -0.2) is 19.0 Å². The molecule has 23 heavy (non-hydrogen) atoms. The molecule has 0 aromatic rings. The van der Waals surface area contributed by atoms with E-state index in [1.54, 1.807) is 0 Å². The molecule has 0 saturated carbocycles. The van der Waals surface area contributed by atoms with Crippen molar-refractivity contribution in [3.8, 4) is 0 Å². The minimum Gasteiger partial charge on any atom is -0.350 e. The van der Waals surface area contributed by atoms with Crippen molar-refractivity contribution in [1.29, 1.82) is 0 Å². The Balaban J connectivity index is 2.09. The monoisotopic (exact) mass is 324 g/mol. The minimum atomic E-state index is -0.347. The number of hydrogen-bond donors (Lipinski definition) is 0. The van der Waals surface area contributed by atoms with Gasteiger partial charge in [0.1, 0.15) is 0 Å². The first-order chi connectivity index (χ1) is 10.9. The second kappa shape index (κ2) is 11.3. The first kappa shape index (κ1) is 20.7. The van der Waals surface area contributed by atoms with Crippen molar-refractivity contribution < 1.29 is 9.47 Å². The Morgan fingerprint density at radius 1 is 1.04 bits per heavy atom. The van der Waals surface area contributed by atoms with E-state index >= 15 is 0 Å². The van der Waals surface area contributed by atoms with Gasteiger partial charge in [-0.1, -0.05) is 58.1 Å². The summed E-state index contributed by atoms with van der Waals surface area (Å²) in [6, 6.07) is 0. The summed E-state index contributed by atoms with van der Waals surface area (Å²) in [5.74, 6) is 1.39. The third kappa shape index (κ3) is 10.2. The largest absolute Gasteiger partial charge is 0.350 e. The second-order valence-corrected chi connectivity index (χ2v) is 8.10. The van der Waals surface area contributed by atoms with Crippen LogP contribution >= 0.6 is 0 Å². The van der Waals surface area contributed by atoms with Crippen LogP contribution in [0.2, 0.25) is 0 Å². The summed E-state index contributed by atoms with van der Waals surface area (Å²) in [4.78, 5) is 0. The molecule has 0 N–H and O–H groups in total. The summed E-state index contributed by atoms with van der Waals surface area (Å²) in [7, 11) is 0. The Morgan fingerprint density at radius 2 is 1.70 bits per heavy atom. The highest BCUT2D eigenvalue weighted by molar-refractivity contribution is 4.98. The van der Waals surface area contributed by atoms with Crippen LogP contribution in [0.3, 0.4) is 0 Å². The van der Waals surface area contributed by atoms with E-state index in [-0.39, 0.29) is 5.79 Å². The lowest BCUT2D eigenvalue weighted by Gasteiger charge is -2.33. The molecule has 0 aromatic heterocycles. The van der Waals surface area contributed by atoms with Gasteiger partial charge in [-0.3, -0.25) is 0 Å². The van der Waals surface area contributed by atoms with Crippen LogP contribution < -0.4 is 0 Å². The zero-order valence-corrected chi connectivity index (χ0v) is 16.3. The van der Waals surface area contributed by atoms with Crippen molar-refractivity contribution in [2.45, 2.75) is 98.2 Å². The van der Waals surface area contributed by atoms with Crippen molar-refractivity contribution in [3.63, 3.8) is 0 Å². The van der Waals surface area contributed by atoms with Crippen LogP contribution in [0.25, 0.3) is 0 Å². The lowest BCUT2D eigenvalue weighted by atomic mass is 9.94. The van der Waals surface area contributed by atoms with Gasteiger partial charge in [0.25, 0.3) is 0 Å². The van der Waals surface area contributed by atoms with Crippen LogP contribution in [0, 0.1) is 11.8 Å². The summed E-state index contributed by atoms with van der Waals surface area (Å²) in [5.41, 5.74) is 1.53. The summed E-state index contributed by atoms with van der Waals surface area (Å²) in [5, 5.41) is 0. The molecule has 1 heterocycles. The molecule has 1 aliphatic heterocycles. The van der Waals surface area contributed by atoms with Crippen molar-refractivity contribution in [3.05, 3.63) is 11.6 Å². The fourth-order valence-corrected chi connectivity index (χ4v) is 3.25. The summed E-state index contributed by atoms with van der Waals surface area (Å²) in [6.45, 7) is 13.1. The van der Waals surface area contributed by atoms with E-state index in [2.05, 4.69) is 40.7 Å². The van der Waals surface area contributed by atoms with Gasteiger partial charge in [0, 0.05) is 6.42 Å². The first-order valence-corrected chi connectivity index (χ1v) is 9.85. The van der Waals surface area contributed by atoms with Crippen molar-refractivity contribution >= 4 is 0 Å². The normalized spacial score (nSPS) is 20.0. The molecule has 1 unspecified atom stereocenters. The van der Waals surface area contributed by atoms with Gasteiger partial charge in [0.05, 0.1) is 13.2 Å². The Labute approximate surface area is 145 Å². The molecule has 0 aliphatic carbocycles. The zero-order valence-electron chi connectivity index (χ0n) is 16.3. The highest BCUT2D eigenvalue weighted by Crippen LogP contribution is 2.25. The smallest absolute Gasteiger partial charge is 0.165 e. The maximum atomic E-state index is 5.76. The van der Waals surface area contributed by atoms with Crippen LogP contribution in [0.15, 0.2) is 11.6 Å². The quantitative estimate of drug-likeness (QED) is 0.404. The Kier molecular flexibility index (Phi) is 10.1. The Bertz CT molecular complexity index is 327. The lowest BCUT2D eigenvalue weighted by molar-refractivity contribution is -0.258. The molecule has 0 radical (unpaired) electrons. The molecule has 0 bridgehead atoms. The second-order valence-electron chi connectivity index (χ2n) is 8.10. The summed E-state index contributed by atoms with van der Waals surface area (Å²) in [6.07, 6.45) is 13.6. The van der Waals surface area contributed by atoms with Gasteiger partial charge in [-0.25, -0.2) is 0 Å². The van der Waals surface area contributed by atoms with Gasteiger partial charge in [-0.15, -0.1) is 0 Å². The molecule has 1 rings (SSSR count). The van der Waals surface area contributed by atoms with E-state index in [0.29, 0.717) is 0 Å². The van der Waals surface area contributed by atoms with E-state index in [9.17, 15) is 0 Å². The van der Waals surface area contributed by atoms with Crippen LogP contribution in [0.4, 0.5) is 0 Å². The van der Waals surface area contributed by atoms with Crippen molar-refractivity contribution in [1.82, 2.24) is 0 Å². The molecule has 1 saturated heterocycles. The molecule has 0 spiro atoms. The third-order valence-electron chi connectivity index (χ3n) is 4.94. The van der Waals surface area contributed by atoms with Gasteiger partial charge in [0.2, 0.25) is 0 Å². The molecule has 0 amide bonds. The van der Waals surface area contributed by atoms with Crippen molar-refractivity contribution in [2.24, 2.45) is 11.8 Å². The number of ether oxygens (including phenoxy) is 2. The molecule has 1 fully saturated rings. The van der Waals surface area contributed by atoms with E-state index < -0.39 is 0 Å². The summed E-state index contributed by atoms with van der Waals surface area (Å²) >= 11 is 0.